The van der Waals surface area contributed by atoms with Gasteiger partial charge >= 0.3 is 0 Å². The van der Waals surface area contributed by atoms with Gasteiger partial charge in [0.15, 0.2) is 0 Å². The maximum Gasteiger partial charge on any atom is 0.146 e. The predicted octanol–water partition coefficient (Wildman–Crippen LogP) is 1.69. The van der Waals surface area contributed by atoms with Crippen LogP contribution in [0.25, 0.3) is 0 Å². The maximum absolute atomic E-state index is 9.65. The number of nitrogens with one attached hydrogen (secondary N) is 1. The molecule has 1 heterocycles. The molecule has 5 nitrogen and oxygen atoms in total. The number of benzene rings is 1. The van der Waals surface area contributed by atoms with Crippen LogP contribution in [0.3, 0.4) is 0 Å². The Morgan fingerprint density at radius 3 is 3.16 bits per heavy atom. The van der Waals surface area contributed by atoms with Gasteiger partial charge in [-0.1, -0.05) is 6.07 Å². The number of aromatic nitrogens is 3. The minimum absolute atomic E-state index is 0.285. The highest BCUT2D eigenvalue weighted by Gasteiger charge is 2.20. The summed E-state index contributed by atoms with van der Waals surface area (Å²) in [7, 11) is 1.94. The normalized spacial score (nSPS) is 18.3. The third kappa shape index (κ3) is 2.46. The van der Waals surface area contributed by atoms with Gasteiger partial charge in [0.05, 0.1) is 6.54 Å². The molecule has 19 heavy (non-hydrogen) atoms. The van der Waals surface area contributed by atoms with Crippen LogP contribution in [-0.2, 0) is 20.0 Å². The minimum atomic E-state index is 0.285. The second kappa shape index (κ2) is 5.01. The average Bonchev–Trinajstić information content (AvgIpc) is 2.82. The van der Waals surface area contributed by atoms with E-state index in [1.807, 2.05) is 23.7 Å². The fourth-order valence-electron chi connectivity index (χ4n) is 2.68. The van der Waals surface area contributed by atoms with Crippen molar-refractivity contribution in [3.8, 4) is 5.75 Å². The van der Waals surface area contributed by atoms with Crippen LogP contribution in [0, 0.1) is 0 Å². The molecule has 0 fully saturated rings. The Hall–Kier alpha value is -1.88. The molecule has 1 aromatic heterocycles. The minimum Gasteiger partial charge on any atom is -0.508 e. The smallest absolute Gasteiger partial charge is 0.146 e. The predicted molar refractivity (Wildman–Crippen MR) is 71.6 cm³/mol. The van der Waals surface area contributed by atoms with Gasteiger partial charge in [-0.2, -0.15) is 0 Å². The summed E-state index contributed by atoms with van der Waals surface area (Å²) in [5.74, 6) is 1.26. The van der Waals surface area contributed by atoms with Crippen LogP contribution in [0.4, 0.5) is 0 Å². The van der Waals surface area contributed by atoms with Crippen molar-refractivity contribution in [2.75, 3.05) is 0 Å². The molecule has 1 unspecified atom stereocenters. The number of aryl methyl sites for hydroxylation is 2. The van der Waals surface area contributed by atoms with E-state index in [0.29, 0.717) is 12.3 Å². The number of phenolic OH excluding ortho intramolecular Hbond substituents is 1. The molecule has 1 atom stereocenters. The number of hydrogen-bond donors (Lipinski definition) is 2. The van der Waals surface area contributed by atoms with Crippen molar-refractivity contribution in [3.63, 3.8) is 0 Å². The highest BCUT2D eigenvalue weighted by atomic mass is 16.3. The van der Waals surface area contributed by atoms with Gasteiger partial charge in [-0.05, 0) is 42.5 Å². The van der Waals surface area contributed by atoms with E-state index < -0.39 is 0 Å². The highest BCUT2D eigenvalue weighted by Crippen LogP contribution is 2.32. The van der Waals surface area contributed by atoms with Crippen LogP contribution in [0.15, 0.2) is 24.5 Å². The Kier molecular flexibility index (Phi) is 3.21. The molecular formula is C14H18N4O. The van der Waals surface area contributed by atoms with Gasteiger partial charge < -0.3 is 15.0 Å². The number of nitrogens with zero attached hydrogens (tertiary/aromatic N) is 3. The molecule has 3 rings (SSSR count). The van der Waals surface area contributed by atoms with E-state index in [0.717, 1.165) is 18.7 Å². The van der Waals surface area contributed by atoms with Crippen molar-refractivity contribution >= 4 is 0 Å². The van der Waals surface area contributed by atoms with Crippen molar-refractivity contribution in [2.24, 2.45) is 7.05 Å². The summed E-state index contributed by atoms with van der Waals surface area (Å²) in [5, 5.41) is 21.1. The number of hydrogen-bond acceptors (Lipinski definition) is 4. The molecule has 5 heteroatoms. The van der Waals surface area contributed by atoms with E-state index >= 15 is 0 Å². The summed E-state index contributed by atoms with van der Waals surface area (Å²) >= 11 is 0. The van der Waals surface area contributed by atoms with Gasteiger partial charge in [0.2, 0.25) is 0 Å². The third-order valence-electron chi connectivity index (χ3n) is 3.76. The van der Waals surface area contributed by atoms with E-state index in [9.17, 15) is 5.11 Å². The molecule has 100 valence electrons. The number of phenols is 1. The number of aromatic hydroxyl groups is 1. The Balaban J connectivity index is 1.76. The summed E-state index contributed by atoms with van der Waals surface area (Å²) < 4.78 is 1.92. The molecule has 1 aliphatic carbocycles. The lowest BCUT2D eigenvalue weighted by molar-refractivity contribution is 0.439. The second-order valence-corrected chi connectivity index (χ2v) is 5.07. The number of fused-ring (bicyclic) bond motifs is 1. The summed E-state index contributed by atoms with van der Waals surface area (Å²) in [6.07, 6.45) is 5.07. The fourth-order valence-corrected chi connectivity index (χ4v) is 2.68. The molecule has 2 aromatic rings. The molecule has 0 aliphatic heterocycles. The first kappa shape index (κ1) is 12.2. The van der Waals surface area contributed by atoms with Crippen molar-refractivity contribution < 1.29 is 5.11 Å². The van der Waals surface area contributed by atoms with Crippen molar-refractivity contribution in [1.29, 1.82) is 0 Å². The van der Waals surface area contributed by atoms with Crippen LogP contribution in [0.2, 0.25) is 0 Å². The van der Waals surface area contributed by atoms with E-state index in [2.05, 4.69) is 15.5 Å². The standard InChI is InChI=1S/C14H18N4O/c1-18-9-16-17-14(18)8-15-13-4-2-3-10-5-6-11(19)7-12(10)13/h5-7,9,13,15,19H,2-4,8H2,1H3. The molecular weight excluding hydrogens is 240 g/mol. The van der Waals surface area contributed by atoms with Gasteiger partial charge in [0, 0.05) is 13.1 Å². The molecule has 0 saturated carbocycles. The van der Waals surface area contributed by atoms with E-state index in [1.54, 1.807) is 12.4 Å². The zero-order chi connectivity index (χ0) is 13.2. The van der Waals surface area contributed by atoms with Gasteiger partial charge in [-0.15, -0.1) is 10.2 Å². The van der Waals surface area contributed by atoms with Gasteiger partial charge in [-0.25, -0.2) is 0 Å². The number of rotatable bonds is 3. The lowest BCUT2D eigenvalue weighted by Crippen LogP contribution is -2.26. The van der Waals surface area contributed by atoms with Crippen molar-refractivity contribution in [1.82, 2.24) is 20.1 Å². The Morgan fingerprint density at radius 1 is 1.47 bits per heavy atom. The summed E-state index contributed by atoms with van der Waals surface area (Å²) in [4.78, 5) is 0. The van der Waals surface area contributed by atoms with Crippen molar-refractivity contribution in [3.05, 3.63) is 41.5 Å². The molecule has 1 aromatic carbocycles. The Labute approximate surface area is 112 Å². The first-order valence-corrected chi connectivity index (χ1v) is 6.62. The SMILES string of the molecule is Cn1cnnc1CNC1CCCc2ccc(O)cc21. The molecule has 1 aliphatic rings. The summed E-state index contributed by atoms with van der Waals surface area (Å²) in [5.41, 5.74) is 2.55. The summed E-state index contributed by atoms with van der Waals surface area (Å²) in [6, 6.07) is 5.96. The van der Waals surface area contributed by atoms with Crippen LogP contribution in [-0.4, -0.2) is 19.9 Å². The van der Waals surface area contributed by atoms with Crippen LogP contribution in [0.5, 0.6) is 5.75 Å². The quantitative estimate of drug-likeness (QED) is 0.879. The highest BCUT2D eigenvalue weighted by molar-refractivity contribution is 5.38. The molecule has 0 spiro atoms. The van der Waals surface area contributed by atoms with Gasteiger partial charge in [0.1, 0.15) is 17.9 Å². The van der Waals surface area contributed by atoms with Crippen molar-refractivity contribution in [2.45, 2.75) is 31.8 Å². The lowest BCUT2D eigenvalue weighted by atomic mass is 9.87. The van der Waals surface area contributed by atoms with Crippen LogP contribution < -0.4 is 5.32 Å². The Bertz CT molecular complexity index is 579. The zero-order valence-corrected chi connectivity index (χ0v) is 11.0. The molecule has 0 amide bonds. The topological polar surface area (TPSA) is 63.0 Å². The van der Waals surface area contributed by atoms with Crippen LogP contribution >= 0.6 is 0 Å². The lowest BCUT2D eigenvalue weighted by Gasteiger charge is -2.26. The second-order valence-electron chi connectivity index (χ2n) is 5.07. The van der Waals surface area contributed by atoms with Crippen LogP contribution in [0.1, 0.15) is 35.8 Å². The largest absolute Gasteiger partial charge is 0.508 e. The fraction of sp³-hybridized carbons (Fsp3) is 0.429. The molecule has 0 bridgehead atoms. The third-order valence-corrected chi connectivity index (χ3v) is 3.76. The first-order valence-electron chi connectivity index (χ1n) is 6.62. The zero-order valence-electron chi connectivity index (χ0n) is 11.0. The van der Waals surface area contributed by atoms with E-state index in [1.165, 1.54) is 17.5 Å². The summed E-state index contributed by atoms with van der Waals surface area (Å²) in [6.45, 7) is 0.691. The van der Waals surface area contributed by atoms with Gasteiger partial charge in [0.25, 0.3) is 0 Å². The maximum atomic E-state index is 9.65. The molecule has 2 N–H and O–H groups in total. The monoisotopic (exact) mass is 258 g/mol. The Morgan fingerprint density at radius 2 is 2.37 bits per heavy atom. The first-order chi connectivity index (χ1) is 9.24. The van der Waals surface area contributed by atoms with E-state index in [-0.39, 0.29) is 6.04 Å². The van der Waals surface area contributed by atoms with E-state index in [4.69, 9.17) is 0 Å². The molecule has 0 saturated heterocycles. The average molecular weight is 258 g/mol. The molecule has 0 radical (unpaired) electrons. The van der Waals surface area contributed by atoms with Gasteiger partial charge in [-0.3, -0.25) is 0 Å².